The number of fused-ring (bicyclic) bond motifs is 1. The molecule has 0 aliphatic carbocycles. The zero-order valence-corrected chi connectivity index (χ0v) is 18.6. The first-order valence-corrected chi connectivity index (χ1v) is 9.10. The highest BCUT2D eigenvalue weighted by atomic mass is 127. The number of aliphatic hydroxyl groups is 1. The van der Waals surface area contributed by atoms with Crippen LogP contribution in [0.25, 0.3) is 0 Å². The number of nitrogens with one attached hydrogen (secondary N) is 2. The lowest BCUT2D eigenvalue weighted by Gasteiger charge is -2.27. The Morgan fingerprint density at radius 3 is 2.85 bits per heavy atom. The Morgan fingerprint density at radius 2 is 2.23 bits per heavy atom. The summed E-state index contributed by atoms with van der Waals surface area (Å²) in [6.07, 6.45) is 2.76. The summed E-state index contributed by atoms with van der Waals surface area (Å²) in [5.74, 6) is 2.55. The topological polar surface area (TPSA) is 96.6 Å². The molecule has 0 fully saturated rings. The number of aryl methyl sites for hydroxylation is 1. The molecule has 0 saturated carbocycles. The molecule has 0 spiro atoms. The fraction of sp³-hybridized carbons (Fsp3) is 0.824. The first kappa shape index (κ1) is 23.1. The van der Waals surface area contributed by atoms with E-state index in [1.807, 2.05) is 4.68 Å². The summed E-state index contributed by atoms with van der Waals surface area (Å²) < 4.78 is 7.07. The van der Waals surface area contributed by atoms with Crippen molar-refractivity contribution < 1.29 is 9.84 Å². The average Bonchev–Trinajstić information content (AvgIpc) is 3.01. The molecule has 1 aromatic rings. The lowest BCUT2D eigenvalue weighted by Crippen LogP contribution is -2.47. The fourth-order valence-corrected chi connectivity index (χ4v) is 2.73. The maximum atomic E-state index is 9.57. The number of guanidine groups is 1. The quantitative estimate of drug-likeness (QED) is 0.295. The maximum absolute atomic E-state index is 9.57. The molecule has 150 valence electrons. The highest BCUT2D eigenvalue weighted by molar-refractivity contribution is 14.0. The van der Waals surface area contributed by atoms with Crippen molar-refractivity contribution in [2.24, 2.45) is 10.4 Å². The minimum absolute atomic E-state index is 0. The highest BCUT2D eigenvalue weighted by Gasteiger charge is 2.24. The first-order chi connectivity index (χ1) is 12.0. The van der Waals surface area contributed by atoms with Gasteiger partial charge in [0.15, 0.2) is 11.8 Å². The van der Waals surface area contributed by atoms with Gasteiger partial charge in [-0.25, -0.2) is 9.67 Å². The average molecular weight is 480 g/mol. The molecule has 26 heavy (non-hydrogen) atoms. The lowest BCUT2D eigenvalue weighted by molar-refractivity contribution is 0.145. The molecule has 9 heteroatoms. The minimum Gasteiger partial charge on any atom is -0.396 e. The van der Waals surface area contributed by atoms with E-state index in [0.29, 0.717) is 13.2 Å². The number of aliphatic hydroxyl groups excluding tert-OH is 1. The Labute approximate surface area is 173 Å². The second kappa shape index (κ2) is 11.0. The van der Waals surface area contributed by atoms with Gasteiger partial charge in [0.1, 0.15) is 12.4 Å². The van der Waals surface area contributed by atoms with Crippen LogP contribution >= 0.6 is 24.0 Å². The summed E-state index contributed by atoms with van der Waals surface area (Å²) in [7, 11) is 1.65. The SMILES string of the molecule is CCNC(=NCC(C)(CC)CO)NC1CCc2nc(COC)nn2C1.I. The molecule has 8 nitrogen and oxygen atoms in total. The fourth-order valence-electron chi connectivity index (χ4n) is 2.73. The van der Waals surface area contributed by atoms with Crippen molar-refractivity contribution in [3.05, 3.63) is 11.6 Å². The summed E-state index contributed by atoms with van der Waals surface area (Å²) in [5.41, 5.74) is -0.178. The van der Waals surface area contributed by atoms with Crippen LogP contribution in [0.3, 0.4) is 0 Å². The van der Waals surface area contributed by atoms with Gasteiger partial charge in [0.25, 0.3) is 0 Å². The Hall–Kier alpha value is -0.940. The molecule has 2 heterocycles. The van der Waals surface area contributed by atoms with Gasteiger partial charge in [-0.3, -0.25) is 4.99 Å². The molecule has 2 unspecified atom stereocenters. The van der Waals surface area contributed by atoms with E-state index in [0.717, 1.165) is 50.0 Å². The summed E-state index contributed by atoms with van der Waals surface area (Å²) in [5, 5.41) is 20.9. The van der Waals surface area contributed by atoms with E-state index >= 15 is 0 Å². The number of hydrogen-bond donors (Lipinski definition) is 3. The summed E-state index contributed by atoms with van der Waals surface area (Å²) in [6, 6.07) is 0.254. The third kappa shape index (κ3) is 6.34. The van der Waals surface area contributed by atoms with E-state index in [1.165, 1.54) is 0 Å². The number of nitrogens with zero attached hydrogens (tertiary/aromatic N) is 4. The number of halogens is 1. The number of methoxy groups -OCH3 is 1. The van der Waals surface area contributed by atoms with Crippen LogP contribution in [0.1, 0.15) is 45.3 Å². The molecule has 0 radical (unpaired) electrons. The van der Waals surface area contributed by atoms with Crippen LogP contribution in [-0.4, -0.2) is 58.7 Å². The Kier molecular flexibility index (Phi) is 9.80. The van der Waals surface area contributed by atoms with Gasteiger partial charge in [0.05, 0.1) is 19.7 Å². The van der Waals surface area contributed by atoms with Crippen LogP contribution < -0.4 is 10.6 Å². The van der Waals surface area contributed by atoms with Gasteiger partial charge in [0, 0.05) is 31.5 Å². The molecule has 1 aromatic heterocycles. The van der Waals surface area contributed by atoms with E-state index < -0.39 is 0 Å². The molecular weight excluding hydrogens is 447 g/mol. The van der Waals surface area contributed by atoms with E-state index in [9.17, 15) is 5.11 Å². The Balaban J connectivity index is 0.00000338. The van der Waals surface area contributed by atoms with Gasteiger partial charge in [-0.05, 0) is 19.8 Å². The number of ether oxygens (including phenoxy) is 1. The summed E-state index contributed by atoms with van der Waals surface area (Å²) in [6.45, 7) is 8.93. The maximum Gasteiger partial charge on any atom is 0.191 e. The number of rotatable bonds is 8. The van der Waals surface area contributed by atoms with Gasteiger partial charge in [-0.15, -0.1) is 24.0 Å². The zero-order chi connectivity index (χ0) is 18.3. The van der Waals surface area contributed by atoms with Crippen molar-refractivity contribution in [1.82, 2.24) is 25.4 Å². The van der Waals surface area contributed by atoms with Gasteiger partial charge >= 0.3 is 0 Å². The van der Waals surface area contributed by atoms with Gasteiger partial charge in [-0.2, -0.15) is 5.10 Å². The van der Waals surface area contributed by atoms with Crippen molar-refractivity contribution in [3.8, 4) is 0 Å². The molecule has 0 amide bonds. The van der Waals surface area contributed by atoms with Crippen LogP contribution in [0, 0.1) is 5.41 Å². The summed E-state index contributed by atoms with van der Waals surface area (Å²) in [4.78, 5) is 9.19. The van der Waals surface area contributed by atoms with Crippen molar-refractivity contribution in [3.63, 3.8) is 0 Å². The van der Waals surface area contributed by atoms with E-state index in [-0.39, 0.29) is 42.0 Å². The van der Waals surface area contributed by atoms with Crippen LogP contribution in [0.15, 0.2) is 4.99 Å². The summed E-state index contributed by atoms with van der Waals surface area (Å²) >= 11 is 0. The van der Waals surface area contributed by atoms with Crippen molar-refractivity contribution in [1.29, 1.82) is 0 Å². The minimum atomic E-state index is -0.178. The van der Waals surface area contributed by atoms with Crippen molar-refractivity contribution in [2.45, 2.75) is 59.2 Å². The molecule has 1 aliphatic rings. The number of hydrogen-bond acceptors (Lipinski definition) is 5. The second-order valence-corrected chi connectivity index (χ2v) is 6.96. The number of aromatic nitrogens is 3. The van der Waals surface area contributed by atoms with Crippen LogP contribution in [-0.2, 0) is 24.3 Å². The lowest BCUT2D eigenvalue weighted by atomic mass is 9.89. The van der Waals surface area contributed by atoms with Crippen LogP contribution in [0.4, 0.5) is 0 Å². The molecule has 2 atom stereocenters. The monoisotopic (exact) mass is 480 g/mol. The van der Waals surface area contributed by atoms with Gasteiger partial charge < -0.3 is 20.5 Å². The van der Waals surface area contributed by atoms with E-state index in [1.54, 1.807) is 7.11 Å². The Bertz CT molecular complexity index is 574. The molecule has 1 aliphatic heterocycles. The largest absolute Gasteiger partial charge is 0.396 e. The van der Waals surface area contributed by atoms with Crippen LogP contribution in [0.5, 0.6) is 0 Å². The first-order valence-electron chi connectivity index (χ1n) is 9.10. The molecule has 0 bridgehead atoms. The van der Waals surface area contributed by atoms with Crippen LogP contribution in [0.2, 0.25) is 0 Å². The normalized spacial score (nSPS) is 19.3. The van der Waals surface area contributed by atoms with Gasteiger partial charge in [0.2, 0.25) is 0 Å². The molecule has 0 saturated heterocycles. The van der Waals surface area contributed by atoms with E-state index in [4.69, 9.17) is 4.74 Å². The molecule has 0 aromatic carbocycles. The molecular formula is C17H33IN6O2. The molecule has 3 N–H and O–H groups in total. The standard InChI is InChI=1S/C17H32N6O2.HI/c1-5-17(3,12-24)11-19-16(18-6-2)20-13-7-8-15-21-14(10-25-4)22-23(15)9-13;/h13,24H,5-12H2,1-4H3,(H2,18,19,20);1H. The third-order valence-electron chi connectivity index (χ3n) is 4.71. The van der Waals surface area contributed by atoms with Crippen molar-refractivity contribution in [2.75, 3.05) is 26.8 Å². The van der Waals surface area contributed by atoms with Crippen molar-refractivity contribution >= 4 is 29.9 Å². The van der Waals surface area contributed by atoms with Gasteiger partial charge in [-0.1, -0.05) is 13.8 Å². The number of aliphatic imine (C=N–C) groups is 1. The zero-order valence-electron chi connectivity index (χ0n) is 16.3. The predicted molar refractivity (Wildman–Crippen MR) is 113 cm³/mol. The Morgan fingerprint density at radius 1 is 1.46 bits per heavy atom. The highest BCUT2D eigenvalue weighted by Crippen LogP contribution is 2.20. The predicted octanol–water partition coefficient (Wildman–Crippen LogP) is 1.32. The third-order valence-corrected chi connectivity index (χ3v) is 4.71. The second-order valence-electron chi connectivity index (χ2n) is 6.96. The smallest absolute Gasteiger partial charge is 0.191 e. The molecule has 2 rings (SSSR count). The van der Waals surface area contributed by atoms with E-state index in [2.05, 4.69) is 46.5 Å².